The topological polar surface area (TPSA) is 72.2 Å². The van der Waals surface area contributed by atoms with Gasteiger partial charge in [0.2, 0.25) is 0 Å². The number of anilines is 2. The van der Waals surface area contributed by atoms with E-state index >= 15 is 0 Å². The zero-order valence-corrected chi connectivity index (χ0v) is 13.1. The van der Waals surface area contributed by atoms with Crippen LogP contribution in [0.15, 0.2) is 29.2 Å². The maximum absolute atomic E-state index is 12.2. The van der Waals surface area contributed by atoms with Gasteiger partial charge in [-0.05, 0) is 18.2 Å². The predicted molar refractivity (Wildman–Crippen MR) is 81.0 cm³/mol. The lowest BCUT2D eigenvalue weighted by molar-refractivity contribution is 0.601. The fourth-order valence-corrected chi connectivity index (χ4v) is 4.89. The molecule has 0 aliphatic carbocycles. The summed E-state index contributed by atoms with van der Waals surface area (Å²) in [6.45, 7) is 0. The SMILES string of the molecule is Nc1cccc(Cl)c1NS(=O)(=O)c1cc(Cl)sc1Cl. The lowest BCUT2D eigenvalue weighted by Crippen LogP contribution is -2.14. The van der Waals surface area contributed by atoms with Crippen LogP contribution >= 0.6 is 46.1 Å². The fourth-order valence-electron chi connectivity index (χ4n) is 1.35. The van der Waals surface area contributed by atoms with Crippen LogP contribution in [0.25, 0.3) is 0 Å². The molecule has 3 N–H and O–H groups in total. The van der Waals surface area contributed by atoms with Crippen LogP contribution < -0.4 is 10.5 Å². The van der Waals surface area contributed by atoms with Crippen LogP contribution in [-0.2, 0) is 10.0 Å². The molecule has 0 aliphatic heterocycles. The van der Waals surface area contributed by atoms with E-state index in [0.717, 1.165) is 11.3 Å². The van der Waals surface area contributed by atoms with Crippen molar-refractivity contribution in [3.05, 3.63) is 38.0 Å². The number of sulfonamides is 1. The van der Waals surface area contributed by atoms with Gasteiger partial charge in [-0.15, -0.1) is 11.3 Å². The molecule has 0 spiro atoms. The van der Waals surface area contributed by atoms with E-state index in [1.54, 1.807) is 6.07 Å². The Labute approximate surface area is 129 Å². The number of hydrogen-bond acceptors (Lipinski definition) is 4. The molecular weight excluding hydrogens is 351 g/mol. The maximum Gasteiger partial charge on any atom is 0.264 e. The van der Waals surface area contributed by atoms with E-state index in [9.17, 15) is 8.42 Å². The highest BCUT2D eigenvalue weighted by Gasteiger charge is 2.22. The Kier molecular flexibility index (Phi) is 4.17. The Morgan fingerprint density at radius 2 is 1.89 bits per heavy atom. The number of nitrogens with one attached hydrogen (secondary N) is 1. The summed E-state index contributed by atoms with van der Waals surface area (Å²) in [4.78, 5) is -0.108. The van der Waals surface area contributed by atoms with Gasteiger partial charge in [-0.25, -0.2) is 8.42 Å². The van der Waals surface area contributed by atoms with Crippen molar-refractivity contribution < 1.29 is 8.42 Å². The van der Waals surface area contributed by atoms with Gasteiger partial charge in [0.1, 0.15) is 9.23 Å². The third-order valence-electron chi connectivity index (χ3n) is 2.20. The summed E-state index contributed by atoms with van der Waals surface area (Å²) in [5.74, 6) is 0. The second kappa shape index (κ2) is 5.38. The first-order valence-corrected chi connectivity index (χ1v) is 8.26. The molecule has 2 rings (SSSR count). The van der Waals surface area contributed by atoms with E-state index in [1.165, 1.54) is 18.2 Å². The average molecular weight is 358 g/mol. The summed E-state index contributed by atoms with van der Waals surface area (Å²) in [6, 6.07) is 5.94. The minimum absolute atomic E-state index is 0.0723. The number of thiophene rings is 1. The molecule has 0 unspecified atom stereocenters. The van der Waals surface area contributed by atoms with Gasteiger partial charge < -0.3 is 5.73 Å². The van der Waals surface area contributed by atoms with Crippen LogP contribution in [0.2, 0.25) is 13.7 Å². The van der Waals surface area contributed by atoms with Crippen molar-refractivity contribution in [2.45, 2.75) is 4.90 Å². The first-order chi connectivity index (χ1) is 8.81. The summed E-state index contributed by atoms with van der Waals surface area (Å²) in [6.07, 6.45) is 0. The molecule has 0 amide bonds. The van der Waals surface area contributed by atoms with Gasteiger partial charge in [0, 0.05) is 0 Å². The first-order valence-electron chi connectivity index (χ1n) is 4.83. The molecule has 0 radical (unpaired) electrons. The normalized spacial score (nSPS) is 11.5. The maximum atomic E-state index is 12.2. The summed E-state index contributed by atoms with van der Waals surface area (Å²) >= 11 is 18.4. The molecular formula is C10H7Cl3N2O2S2. The quantitative estimate of drug-likeness (QED) is 0.813. The second-order valence-corrected chi connectivity index (χ2v) is 7.84. The number of nitrogens with two attached hydrogens (primary N) is 1. The van der Waals surface area contributed by atoms with E-state index < -0.39 is 10.0 Å². The number of benzene rings is 1. The van der Waals surface area contributed by atoms with E-state index in [0.29, 0.717) is 0 Å². The highest BCUT2D eigenvalue weighted by Crippen LogP contribution is 2.37. The molecule has 1 aromatic carbocycles. The largest absolute Gasteiger partial charge is 0.397 e. The van der Waals surface area contributed by atoms with Gasteiger partial charge >= 0.3 is 0 Å². The Balaban J connectivity index is 2.45. The van der Waals surface area contributed by atoms with Gasteiger partial charge in [0.15, 0.2) is 0 Å². The molecule has 4 nitrogen and oxygen atoms in total. The third-order valence-corrected chi connectivity index (χ3v) is 5.61. The Morgan fingerprint density at radius 3 is 2.42 bits per heavy atom. The van der Waals surface area contributed by atoms with Gasteiger partial charge in [-0.2, -0.15) is 0 Å². The molecule has 19 heavy (non-hydrogen) atoms. The van der Waals surface area contributed by atoms with Gasteiger partial charge in [-0.3, -0.25) is 4.72 Å². The van der Waals surface area contributed by atoms with Crippen molar-refractivity contribution in [2.24, 2.45) is 0 Å². The highest BCUT2D eigenvalue weighted by molar-refractivity contribution is 7.93. The Hall–Kier alpha value is -0.660. The monoisotopic (exact) mass is 356 g/mol. The molecule has 102 valence electrons. The third kappa shape index (κ3) is 3.09. The zero-order valence-electron chi connectivity index (χ0n) is 9.15. The smallest absolute Gasteiger partial charge is 0.264 e. The van der Waals surface area contributed by atoms with Crippen molar-refractivity contribution >= 4 is 67.5 Å². The van der Waals surface area contributed by atoms with E-state index in [-0.39, 0.29) is 30.0 Å². The number of halogens is 3. The molecule has 1 heterocycles. The molecule has 1 aromatic heterocycles. The average Bonchev–Trinajstić information content (AvgIpc) is 2.64. The van der Waals surface area contributed by atoms with Crippen molar-refractivity contribution in [1.29, 1.82) is 0 Å². The van der Waals surface area contributed by atoms with Crippen molar-refractivity contribution in [3.8, 4) is 0 Å². The molecule has 2 aromatic rings. The molecule has 9 heteroatoms. The van der Waals surface area contributed by atoms with Gasteiger partial charge in [0.05, 0.1) is 20.7 Å². The standard InChI is InChI=1S/C10H7Cl3N2O2S2/c11-5-2-1-3-6(14)9(5)15-19(16,17)7-4-8(12)18-10(7)13/h1-4,15H,14H2. The lowest BCUT2D eigenvalue weighted by Gasteiger charge is -2.11. The van der Waals surface area contributed by atoms with Crippen molar-refractivity contribution in [2.75, 3.05) is 10.5 Å². The number of rotatable bonds is 3. The summed E-state index contributed by atoms with van der Waals surface area (Å²) in [7, 11) is -3.89. The summed E-state index contributed by atoms with van der Waals surface area (Å²) < 4.78 is 27.0. The minimum atomic E-state index is -3.89. The molecule has 0 saturated carbocycles. The summed E-state index contributed by atoms with van der Waals surface area (Å²) in [5.41, 5.74) is 6.01. The van der Waals surface area contributed by atoms with Crippen LogP contribution in [0, 0.1) is 0 Å². The molecule has 0 aliphatic rings. The van der Waals surface area contributed by atoms with Crippen LogP contribution in [0.5, 0.6) is 0 Å². The number of nitrogen functional groups attached to an aromatic ring is 1. The number of hydrogen-bond donors (Lipinski definition) is 2. The van der Waals surface area contributed by atoms with E-state index in [1.807, 2.05) is 0 Å². The fraction of sp³-hybridized carbons (Fsp3) is 0. The van der Waals surface area contributed by atoms with Crippen LogP contribution in [0.3, 0.4) is 0 Å². The zero-order chi connectivity index (χ0) is 14.2. The second-order valence-electron chi connectivity index (χ2n) is 3.50. The molecule has 0 atom stereocenters. The van der Waals surface area contributed by atoms with Crippen molar-refractivity contribution in [1.82, 2.24) is 0 Å². The number of para-hydroxylation sites is 1. The van der Waals surface area contributed by atoms with E-state index in [4.69, 9.17) is 40.5 Å². The predicted octanol–water partition coefficient (Wildman–Crippen LogP) is 4.09. The molecule has 0 fully saturated rings. The molecule has 0 saturated heterocycles. The highest BCUT2D eigenvalue weighted by atomic mass is 35.5. The minimum Gasteiger partial charge on any atom is -0.397 e. The first kappa shape index (κ1) is 14.7. The summed E-state index contributed by atoms with van der Waals surface area (Å²) in [5, 5.41) is 0.195. The van der Waals surface area contributed by atoms with Crippen LogP contribution in [0.1, 0.15) is 0 Å². The van der Waals surface area contributed by atoms with E-state index in [2.05, 4.69) is 4.72 Å². The van der Waals surface area contributed by atoms with Gasteiger partial charge in [0.25, 0.3) is 10.0 Å². The Morgan fingerprint density at radius 1 is 1.21 bits per heavy atom. The Bertz CT molecular complexity index is 708. The van der Waals surface area contributed by atoms with Crippen molar-refractivity contribution in [3.63, 3.8) is 0 Å². The van der Waals surface area contributed by atoms with Crippen LogP contribution in [-0.4, -0.2) is 8.42 Å². The molecule has 0 bridgehead atoms. The van der Waals surface area contributed by atoms with Crippen LogP contribution in [0.4, 0.5) is 11.4 Å². The lowest BCUT2D eigenvalue weighted by atomic mass is 10.3. The van der Waals surface area contributed by atoms with Gasteiger partial charge in [-0.1, -0.05) is 40.9 Å².